The first kappa shape index (κ1) is 22.2. The monoisotopic (exact) mass is 406 g/mol. The molecule has 4 heteroatoms. The Hall–Kier alpha value is -1.45. The van der Waals surface area contributed by atoms with Crippen molar-refractivity contribution >= 4 is 5.78 Å². The summed E-state index contributed by atoms with van der Waals surface area (Å²) >= 11 is 0. The number of ketones is 1. The molecule has 2 aliphatic carbocycles. The van der Waals surface area contributed by atoms with Gasteiger partial charge >= 0.3 is 0 Å². The van der Waals surface area contributed by atoms with E-state index in [9.17, 15) is 13.6 Å². The van der Waals surface area contributed by atoms with Crippen molar-refractivity contribution in [2.75, 3.05) is 6.61 Å². The molecule has 2 fully saturated rings. The van der Waals surface area contributed by atoms with Crippen LogP contribution in [0.2, 0.25) is 0 Å². The van der Waals surface area contributed by atoms with Crippen molar-refractivity contribution in [1.29, 1.82) is 0 Å². The molecule has 1 aromatic carbocycles. The van der Waals surface area contributed by atoms with E-state index in [0.717, 1.165) is 37.5 Å². The third kappa shape index (κ3) is 5.38. The molecule has 0 amide bonds. The van der Waals surface area contributed by atoms with Gasteiger partial charge in [-0.2, -0.15) is 4.39 Å². The molecule has 0 atom stereocenters. The second-order valence-electron chi connectivity index (χ2n) is 9.13. The highest BCUT2D eigenvalue weighted by Gasteiger charge is 2.34. The number of carbonyl (C=O) groups is 1. The van der Waals surface area contributed by atoms with Gasteiger partial charge in [0.25, 0.3) is 0 Å². The van der Waals surface area contributed by atoms with E-state index >= 15 is 0 Å². The number of carbonyl (C=O) groups excluding carboxylic acids is 1. The minimum Gasteiger partial charge on any atom is -0.490 e. The number of ether oxygens (including phenoxy) is 1. The molecule has 0 aliphatic heterocycles. The Morgan fingerprint density at radius 2 is 1.52 bits per heavy atom. The Morgan fingerprint density at radius 1 is 0.897 bits per heavy atom. The molecule has 0 spiro atoms. The molecule has 2 aliphatic rings. The average molecular weight is 407 g/mol. The summed E-state index contributed by atoms with van der Waals surface area (Å²) < 4.78 is 34.0. The highest BCUT2D eigenvalue weighted by molar-refractivity contribution is 5.98. The molecule has 0 radical (unpaired) electrons. The van der Waals surface area contributed by atoms with E-state index in [-0.39, 0.29) is 23.0 Å². The van der Waals surface area contributed by atoms with Crippen molar-refractivity contribution < 1.29 is 18.3 Å². The van der Waals surface area contributed by atoms with Gasteiger partial charge in [0.05, 0.1) is 12.2 Å². The number of halogens is 2. The molecule has 3 rings (SSSR count). The van der Waals surface area contributed by atoms with Crippen LogP contribution in [-0.4, -0.2) is 12.4 Å². The first-order valence-corrected chi connectivity index (χ1v) is 11.7. The second kappa shape index (κ2) is 10.5. The van der Waals surface area contributed by atoms with Gasteiger partial charge < -0.3 is 4.74 Å². The average Bonchev–Trinajstić information content (AvgIpc) is 2.75. The molecule has 1 aromatic rings. The number of rotatable bonds is 8. The molecule has 2 nitrogen and oxygen atoms in total. The first-order chi connectivity index (χ1) is 14.0. The zero-order valence-corrected chi connectivity index (χ0v) is 18.0. The van der Waals surface area contributed by atoms with E-state index in [1.165, 1.54) is 50.7 Å². The van der Waals surface area contributed by atoms with Crippen molar-refractivity contribution in [3.63, 3.8) is 0 Å². The van der Waals surface area contributed by atoms with Gasteiger partial charge in [-0.1, -0.05) is 39.5 Å². The molecule has 2 saturated carbocycles. The fourth-order valence-electron chi connectivity index (χ4n) is 5.47. The lowest BCUT2D eigenvalue weighted by atomic mass is 9.68. The maximum Gasteiger partial charge on any atom is 0.201 e. The molecule has 162 valence electrons. The van der Waals surface area contributed by atoms with Crippen LogP contribution in [-0.2, 0) is 0 Å². The zero-order valence-electron chi connectivity index (χ0n) is 18.0. The van der Waals surface area contributed by atoms with E-state index in [4.69, 9.17) is 4.74 Å². The summed E-state index contributed by atoms with van der Waals surface area (Å²) in [6.07, 6.45) is 12.4. The van der Waals surface area contributed by atoms with E-state index in [0.29, 0.717) is 18.9 Å². The molecule has 0 bridgehead atoms. The smallest absolute Gasteiger partial charge is 0.201 e. The summed E-state index contributed by atoms with van der Waals surface area (Å²) in [5, 5.41) is 0. The maximum absolute atomic E-state index is 14.5. The summed E-state index contributed by atoms with van der Waals surface area (Å²) in [6, 6.07) is 2.79. The molecule has 0 N–H and O–H groups in total. The molecule has 0 heterocycles. The second-order valence-corrected chi connectivity index (χ2v) is 9.13. The fraction of sp³-hybridized carbons (Fsp3) is 0.720. The summed E-state index contributed by atoms with van der Waals surface area (Å²) in [6.45, 7) is 4.50. The van der Waals surface area contributed by atoms with Gasteiger partial charge in [-0.05, 0) is 74.8 Å². The molecule has 29 heavy (non-hydrogen) atoms. The Balaban J connectivity index is 1.54. The van der Waals surface area contributed by atoms with Crippen LogP contribution in [0, 0.1) is 35.3 Å². The lowest BCUT2D eigenvalue weighted by molar-refractivity contribution is 0.0823. The normalized spacial score (nSPS) is 27.6. The van der Waals surface area contributed by atoms with Crippen LogP contribution in [0.4, 0.5) is 8.78 Å². The van der Waals surface area contributed by atoms with Crippen LogP contribution < -0.4 is 4.74 Å². The van der Waals surface area contributed by atoms with Gasteiger partial charge in [-0.25, -0.2) is 4.39 Å². The highest BCUT2D eigenvalue weighted by Crippen LogP contribution is 2.43. The predicted molar refractivity (Wildman–Crippen MR) is 112 cm³/mol. The van der Waals surface area contributed by atoms with Crippen molar-refractivity contribution in [2.24, 2.45) is 23.7 Å². The minimum absolute atomic E-state index is 0.108. The van der Waals surface area contributed by atoms with Gasteiger partial charge in [-0.15, -0.1) is 0 Å². The van der Waals surface area contributed by atoms with Crippen LogP contribution in [0.3, 0.4) is 0 Å². The summed E-state index contributed by atoms with van der Waals surface area (Å²) in [7, 11) is 0. The van der Waals surface area contributed by atoms with Crippen LogP contribution in [0.1, 0.15) is 94.8 Å². The van der Waals surface area contributed by atoms with Gasteiger partial charge in [0.15, 0.2) is 17.3 Å². The number of hydrogen-bond acceptors (Lipinski definition) is 2. The van der Waals surface area contributed by atoms with Gasteiger partial charge in [0.1, 0.15) is 0 Å². The number of Topliss-reactive ketones (excluding diaryl/α,β-unsaturated/α-hetero) is 1. The fourth-order valence-corrected chi connectivity index (χ4v) is 5.47. The lowest BCUT2D eigenvalue weighted by Gasteiger charge is -2.37. The standard InChI is InChI=1S/C25H36F2O2/c1-3-5-17-6-8-18(9-7-17)19-10-12-20(13-11-19)25(28)21-14-15-22(29-16-4-2)24(27)23(21)26/h14-15,17-20H,3-13,16H2,1-2H3. The Kier molecular flexibility index (Phi) is 8.08. The SMILES string of the molecule is CCCOc1ccc(C(=O)C2CCC(C3CCC(CCC)CC3)CC2)c(F)c1F. The van der Waals surface area contributed by atoms with E-state index in [2.05, 4.69) is 6.92 Å². The quantitative estimate of drug-likeness (QED) is 0.422. The zero-order chi connectivity index (χ0) is 20.8. The molecular weight excluding hydrogens is 370 g/mol. The topological polar surface area (TPSA) is 26.3 Å². The summed E-state index contributed by atoms with van der Waals surface area (Å²) in [4.78, 5) is 12.8. The third-order valence-electron chi connectivity index (χ3n) is 7.17. The predicted octanol–water partition coefficient (Wildman–Crippen LogP) is 7.35. The minimum atomic E-state index is -1.06. The molecule has 0 unspecified atom stereocenters. The lowest BCUT2D eigenvalue weighted by Crippen LogP contribution is -2.28. The van der Waals surface area contributed by atoms with Crippen molar-refractivity contribution in [2.45, 2.75) is 84.5 Å². The Morgan fingerprint density at radius 3 is 2.10 bits per heavy atom. The Bertz CT molecular complexity index is 672. The van der Waals surface area contributed by atoms with E-state index in [1.54, 1.807) is 0 Å². The number of benzene rings is 1. The van der Waals surface area contributed by atoms with E-state index in [1.807, 2.05) is 6.92 Å². The highest BCUT2D eigenvalue weighted by atomic mass is 19.2. The van der Waals surface area contributed by atoms with Crippen molar-refractivity contribution in [1.82, 2.24) is 0 Å². The van der Waals surface area contributed by atoms with Crippen LogP contribution in [0.15, 0.2) is 12.1 Å². The van der Waals surface area contributed by atoms with E-state index < -0.39 is 11.6 Å². The summed E-state index contributed by atoms with van der Waals surface area (Å²) in [5.74, 6) is -0.217. The maximum atomic E-state index is 14.5. The third-order valence-corrected chi connectivity index (χ3v) is 7.17. The van der Waals surface area contributed by atoms with Crippen molar-refractivity contribution in [3.8, 4) is 5.75 Å². The summed E-state index contributed by atoms with van der Waals surface area (Å²) in [5.41, 5.74) is -0.116. The largest absolute Gasteiger partial charge is 0.490 e. The van der Waals surface area contributed by atoms with Gasteiger partial charge in [-0.3, -0.25) is 4.79 Å². The van der Waals surface area contributed by atoms with Crippen LogP contribution in [0.25, 0.3) is 0 Å². The van der Waals surface area contributed by atoms with Gasteiger partial charge in [0, 0.05) is 5.92 Å². The number of hydrogen-bond donors (Lipinski definition) is 0. The Labute approximate surface area is 174 Å². The van der Waals surface area contributed by atoms with Gasteiger partial charge in [0.2, 0.25) is 5.82 Å². The first-order valence-electron chi connectivity index (χ1n) is 11.7. The molecule has 0 aromatic heterocycles. The molecule has 0 saturated heterocycles. The van der Waals surface area contributed by atoms with Crippen molar-refractivity contribution in [3.05, 3.63) is 29.3 Å². The molecular formula is C25H36F2O2. The van der Waals surface area contributed by atoms with Crippen LogP contribution in [0.5, 0.6) is 5.75 Å². The van der Waals surface area contributed by atoms with Crippen LogP contribution >= 0.6 is 0 Å².